The van der Waals surface area contributed by atoms with Gasteiger partial charge in [0.15, 0.2) is 0 Å². The van der Waals surface area contributed by atoms with Crippen molar-refractivity contribution in [1.82, 2.24) is 0 Å². The van der Waals surface area contributed by atoms with Crippen LogP contribution in [0.25, 0.3) is 11.1 Å². The number of aryl methyl sites for hydroxylation is 1. The first kappa shape index (κ1) is 12.3. The molecule has 0 saturated carbocycles. The van der Waals surface area contributed by atoms with Crippen LogP contribution in [0.15, 0.2) is 36.4 Å². The molecule has 3 rings (SSSR count). The highest BCUT2D eigenvalue weighted by molar-refractivity contribution is 5.76. The van der Waals surface area contributed by atoms with E-state index in [1.165, 1.54) is 27.8 Å². The van der Waals surface area contributed by atoms with Crippen LogP contribution < -0.4 is 4.74 Å². The number of hydrogen-bond acceptors (Lipinski definition) is 1. The fraction of sp³-hybridized carbons (Fsp3) is 0.333. The third kappa shape index (κ3) is 2.14. The normalized spacial score (nSPS) is 13.5. The van der Waals surface area contributed by atoms with Crippen molar-refractivity contribution in [3.8, 4) is 16.9 Å². The molecule has 1 aliphatic heterocycles. The molecule has 0 aromatic heterocycles. The van der Waals surface area contributed by atoms with Gasteiger partial charge >= 0.3 is 0 Å². The monoisotopic (exact) mass is 252 g/mol. The van der Waals surface area contributed by atoms with Gasteiger partial charge in [0.1, 0.15) is 5.75 Å². The molecule has 2 aromatic carbocycles. The lowest BCUT2D eigenvalue weighted by Crippen LogP contribution is -1.94. The molecule has 0 radical (unpaired) electrons. The molecule has 1 nitrogen and oxygen atoms in total. The van der Waals surface area contributed by atoms with Crippen LogP contribution in [-0.2, 0) is 6.42 Å². The van der Waals surface area contributed by atoms with Gasteiger partial charge in [-0.25, -0.2) is 0 Å². The van der Waals surface area contributed by atoms with Gasteiger partial charge in [0, 0.05) is 12.0 Å². The summed E-state index contributed by atoms with van der Waals surface area (Å²) in [5.41, 5.74) is 6.63. The zero-order valence-corrected chi connectivity index (χ0v) is 11.9. The van der Waals surface area contributed by atoms with Gasteiger partial charge < -0.3 is 4.74 Å². The standard InChI is InChI=1S/C18H20O/c1-12(2)15-10-14-8-9-19-18(14)17(11-15)16-7-5-4-6-13(16)3/h4-7,10-12H,8-9H2,1-3H3. The minimum absolute atomic E-state index is 0.550. The van der Waals surface area contributed by atoms with E-state index in [-0.39, 0.29) is 0 Å². The Morgan fingerprint density at radius 3 is 2.58 bits per heavy atom. The van der Waals surface area contributed by atoms with Crippen LogP contribution in [0.4, 0.5) is 0 Å². The largest absolute Gasteiger partial charge is 0.492 e. The van der Waals surface area contributed by atoms with E-state index in [1.807, 2.05) is 0 Å². The molecule has 1 heterocycles. The minimum atomic E-state index is 0.550. The molecule has 0 bridgehead atoms. The summed E-state index contributed by atoms with van der Waals surface area (Å²) in [6.45, 7) is 7.48. The lowest BCUT2D eigenvalue weighted by atomic mass is 9.91. The molecule has 0 amide bonds. The lowest BCUT2D eigenvalue weighted by molar-refractivity contribution is 0.358. The average Bonchev–Trinajstić information content (AvgIpc) is 2.86. The third-order valence-corrected chi connectivity index (χ3v) is 3.91. The number of fused-ring (bicyclic) bond motifs is 1. The number of rotatable bonds is 2. The van der Waals surface area contributed by atoms with Gasteiger partial charge in [0.25, 0.3) is 0 Å². The Bertz CT molecular complexity index is 611. The van der Waals surface area contributed by atoms with Gasteiger partial charge in [0.05, 0.1) is 6.61 Å². The van der Waals surface area contributed by atoms with Crippen LogP contribution in [0.5, 0.6) is 5.75 Å². The van der Waals surface area contributed by atoms with Crippen molar-refractivity contribution in [2.45, 2.75) is 33.1 Å². The van der Waals surface area contributed by atoms with Gasteiger partial charge in [-0.05, 0) is 41.2 Å². The van der Waals surface area contributed by atoms with Gasteiger partial charge in [0.2, 0.25) is 0 Å². The van der Waals surface area contributed by atoms with E-state index in [1.54, 1.807) is 0 Å². The second-order valence-electron chi connectivity index (χ2n) is 5.62. The highest BCUT2D eigenvalue weighted by Crippen LogP contribution is 2.40. The van der Waals surface area contributed by atoms with E-state index in [4.69, 9.17) is 4.74 Å². The summed E-state index contributed by atoms with van der Waals surface area (Å²) in [6.07, 6.45) is 1.04. The van der Waals surface area contributed by atoms with E-state index in [0.717, 1.165) is 18.8 Å². The van der Waals surface area contributed by atoms with Gasteiger partial charge in [-0.2, -0.15) is 0 Å². The Labute approximate surface area is 115 Å². The van der Waals surface area contributed by atoms with Crippen LogP contribution in [0.3, 0.4) is 0 Å². The molecular formula is C18H20O. The molecule has 19 heavy (non-hydrogen) atoms. The van der Waals surface area contributed by atoms with Crippen molar-refractivity contribution in [2.24, 2.45) is 0 Å². The fourth-order valence-electron chi connectivity index (χ4n) is 2.74. The maximum Gasteiger partial charge on any atom is 0.130 e. The Morgan fingerprint density at radius 2 is 1.84 bits per heavy atom. The maximum absolute atomic E-state index is 5.87. The first-order chi connectivity index (χ1) is 9.16. The van der Waals surface area contributed by atoms with Crippen LogP contribution in [0.1, 0.15) is 36.5 Å². The first-order valence-corrected chi connectivity index (χ1v) is 7.02. The van der Waals surface area contributed by atoms with E-state index in [2.05, 4.69) is 57.2 Å². The maximum atomic E-state index is 5.87. The highest BCUT2D eigenvalue weighted by Gasteiger charge is 2.20. The second kappa shape index (κ2) is 4.73. The Kier molecular flexibility index (Phi) is 3.06. The average molecular weight is 252 g/mol. The van der Waals surface area contributed by atoms with E-state index in [9.17, 15) is 0 Å². The zero-order valence-electron chi connectivity index (χ0n) is 11.9. The quantitative estimate of drug-likeness (QED) is 0.751. The summed E-state index contributed by atoms with van der Waals surface area (Å²) in [5.74, 6) is 1.65. The van der Waals surface area contributed by atoms with Gasteiger partial charge in [-0.3, -0.25) is 0 Å². The van der Waals surface area contributed by atoms with E-state index < -0.39 is 0 Å². The highest BCUT2D eigenvalue weighted by atomic mass is 16.5. The summed E-state index contributed by atoms with van der Waals surface area (Å²) >= 11 is 0. The molecule has 1 heteroatoms. The summed E-state index contributed by atoms with van der Waals surface area (Å²) in [4.78, 5) is 0. The Morgan fingerprint density at radius 1 is 1.05 bits per heavy atom. The van der Waals surface area contributed by atoms with Crippen LogP contribution in [0.2, 0.25) is 0 Å². The Balaban J connectivity index is 2.23. The molecule has 0 N–H and O–H groups in total. The molecule has 2 aromatic rings. The summed E-state index contributed by atoms with van der Waals surface area (Å²) in [6, 6.07) is 13.2. The molecule has 0 fully saturated rings. The second-order valence-corrected chi connectivity index (χ2v) is 5.62. The van der Waals surface area contributed by atoms with Crippen molar-refractivity contribution in [3.05, 3.63) is 53.1 Å². The van der Waals surface area contributed by atoms with Gasteiger partial charge in [-0.1, -0.05) is 44.2 Å². The van der Waals surface area contributed by atoms with Crippen LogP contribution >= 0.6 is 0 Å². The predicted octanol–water partition coefficient (Wildman–Crippen LogP) is 4.72. The Hall–Kier alpha value is -1.76. The number of benzene rings is 2. The van der Waals surface area contributed by atoms with Crippen molar-refractivity contribution in [1.29, 1.82) is 0 Å². The summed E-state index contributed by atoms with van der Waals surface area (Å²) < 4.78 is 5.87. The van der Waals surface area contributed by atoms with Crippen molar-refractivity contribution >= 4 is 0 Å². The molecule has 0 unspecified atom stereocenters. The van der Waals surface area contributed by atoms with Crippen molar-refractivity contribution in [2.75, 3.05) is 6.61 Å². The smallest absolute Gasteiger partial charge is 0.130 e. The molecular weight excluding hydrogens is 232 g/mol. The SMILES string of the molecule is Cc1ccccc1-c1cc(C(C)C)cc2c1OCC2. The first-order valence-electron chi connectivity index (χ1n) is 7.02. The summed E-state index contributed by atoms with van der Waals surface area (Å²) in [7, 11) is 0. The summed E-state index contributed by atoms with van der Waals surface area (Å²) in [5, 5.41) is 0. The molecule has 0 spiro atoms. The lowest BCUT2D eigenvalue weighted by Gasteiger charge is -2.15. The fourth-order valence-corrected chi connectivity index (χ4v) is 2.74. The predicted molar refractivity (Wildman–Crippen MR) is 79.9 cm³/mol. The molecule has 1 aliphatic rings. The minimum Gasteiger partial charge on any atom is -0.492 e. The molecule has 0 atom stereocenters. The van der Waals surface area contributed by atoms with E-state index in [0.29, 0.717) is 5.92 Å². The van der Waals surface area contributed by atoms with Crippen molar-refractivity contribution < 1.29 is 4.74 Å². The van der Waals surface area contributed by atoms with E-state index >= 15 is 0 Å². The number of hydrogen-bond donors (Lipinski definition) is 0. The van der Waals surface area contributed by atoms with Gasteiger partial charge in [-0.15, -0.1) is 0 Å². The zero-order chi connectivity index (χ0) is 13.4. The third-order valence-electron chi connectivity index (χ3n) is 3.91. The molecule has 98 valence electrons. The number of ether oxygens (including phenoxy) is 1. The molecule has 0 saturated heterocycles. The van der Waals surface area contributed by atoms with Crippen molar-refractivity contribution in [3.63, 3.8) is 0 Å². The van der Waals surface area contributed by atoms with Crippen LogP contribution in [0, 0.1) is 6.92 Å². The van der Waals surface area contributed by atoms with Crippen LogP contribution in [-0.4, -0.2) is 6.61 Å². The molecule has 0 aliphatic carbocycles. The topological polar surface area (TPSA) is 9.23 Å².